The summed E-state index contributed by atoms with van der Waals surface area (Å²) < 4.78 is 31.9. The van der Waals surface area contributed by atoms with Crippen molar-refractivity contribution < 1.29 is 12.8 Å². The van der Waals surface area contributed by atoms with E-state index < -0.39 is 10.0 Å². The van der Waals surface area contributed by atoms with E-state index in [1.807, 2.05) is 13.0 Å². The molecule has 0 fully saturated rings. The zero-order valence-corrected chi connectivity index (χ0v) is 12.7. The summed E-state index contributed by atoms with van der Waals surface area (Å²) in [5.41, 5.74) is 7.15. The Bertz CT molecular complexity index is 695. The molecule has 7 heteroatoms. The minimum absolute atomic E-state index is 0.0545. The van der Waals surface area contributed by atoms with Crippen LogP contribution in [-0.2, 0) is 35.3 Å². The van der Waals surface area contributed by atoms with Crippen molar-refractivity contribution in [2.24, 2.45) is 5.73 Å². The Hall–Kier alpha value is -1.70. The van der Waals surface area contributed by atoms with Crippen LogP contribution in [0.4, 0.5) is 0 Å². The Kier molecular flexibility index (Phi) is 5.11. The minimum Gasteiger partial charge on any atom is -0.444 e. The second-order valence-electron chi connectivity index (χ2n) is 4.68. The van der Waals surface area contributed by atoms with Gasteiger partial charge in [-0.3, -0.25) is 0 Å². The zero-order chi connectivity index (χ0) is 15.3. The topological polar surface area (TPSA) is 98.2 Å². The van der Waals surface area contributed by atoms with E-state index in [4.69, 9.17) is 10.2 Å². The van der Waals surface area contributed by atoms with Gasteiger partial charge in [-0.2, -0.15) is 0 Å². The van der Waals surface area contributed by atoms with Crippen LogP contribution in [0.15, 0.2) is 34.9 Å². The fourth-order valence-corrected chi connectivity index (χ4v) is 2.95. The summed E-state index contributed by atoms with van der Waals surface area (Å²) in [6, 6.07) is 7.22. The molecule has 0 atom stereocenters. The second kappa shape index (κ2) is 6.84. The van der Waals surface area contributed by atoms with Crippen molar-refractivity contribution in [3.8, 4) is 0 Å². The van der Waals surface area contributed by atoms with E-state index in [9.17, 15) is 8.42 Å². The predicted octanol–water partition coefficient (Wildman–Crippen LogP) is 1.32. The van der Waals surface area contributed by atoms with Crippen LogP contribution < -0.4 is 10.5 Å². The van der Waals surface area contributed by atoms with Crippen molar-refractivity contribution in [2.75, 3.05) is 0 Å². The van der Waals surface area contributed by atoms with Crippen molar-refractivity contribution in [3.05, 3.63) is 53.2 Å². The number of nitrogens with zero attached hydrogens (tertiary/aromatic N) is 1. The Labute approximate surface area is 124 Å². The number of oxazole rings is 1. The molecule has 0 bridgehead atoms. The van der Waals surface area contributed by atoms with E-state index >= 15 is 0 Å². The number of aromatic nitrogens is 1. The van der Waals surface area contributed by atoms with Gasteiger partial charge in [-0.1, -0.05) is 31.2 Å². The highest BCUT2D eigenvalue weighted by atomic mass is 32.2. The third-order valence-electron chi connectivity index (χ3n) is 2.98. The maximum absolute atomic E-state index is 12.0. The second-order valence-corrected chi connectivity index (χ2v) is 6.48. The number of benzene rings is 1. The standard InChI is InChI=1S/C14H19N3O3S/c1-2-13-8-16-14(20-13)9-17-21(18,19)10-12-5-3-4-11(6-12)7-15/h3-6,8,17H,2,7,9-10,15H2,1H3. The molecule has 0 aliphatic heterocycles. The Morgan fingerprint density at radius 1 is 1.33 bits per heavy atom. The van der Waals surface area contributed by atoms with Crippen LogP contribution in [0.25, 0.3) is 0 Å². The van der Waals surface area contributed by atoms with Crippen molar-refractivity contribution in [1.82, 2.24) is 9.71 Å². The first kappa shape index (κ1) is 15.7. The number of sulfonamides is 1. The van der Waals surface area contributed by atoms with Crippen LogP contribution in [0.1, 0.15) is 29.7 Å². The molecule has 0 spiro atoms. The van der Waals surface area contributed by atoms with E-state index in [0.29, 0.717) is 18.0 Å². The molecule has 1 heterocycles. The maximum atomic E-state index is 12.0. The lowest BCUT2D eigenvalue weighted by Crippen LogP contribution is -2.24. The number of rotatable bonds is 7. The first-order chi connectivity index (χ1) is 10.0. The molecular weight excluding hydrogens is 290 g/mol. The molecule has 0 aliphatic carbocycles. The van der Waals surface area contributed by atoms with Gasteiger partial charge >= 0.3 is 0 Å². The van der Waals surface area contributed by atoms with Gasteiger partial charge < -0.3 is 10.2 Å². The van der Waals surface area contributed by atoms with Gasteiger partial charge in [-0.15, -0.1) is 0 Å². The molecule has 2 aromatic rings. The minimum atomic E-state index is -3.45. The lowest BCUT2D eigenvalue weighted by Gasteiger charge is -2.06. The van der Waals surface area contributed by atoms with Crippen molar-refractivity contribution >= 4 is 10.0 Å². The molecular formula is C14H19N3O3S. The van der Waals surface area contributed by atoms with E-state index in [0.717, 1.165) is 17.7 Å². The van der Waals surface area contributed by atoms with Crippen molar-refractivity contribution in [1.29, 1.82) is 0 Å². The van der Waals surface area contributed by atoms with Crippen LogP contribution in [-0.4, -0.2) is 13.4 Å². The third kappa shape index (κ3) is 4.66. The highest BCUT2D eigenvalue weighted by molar-refractivity contribution is 7.88. The summed E-state index contributed by atoms with van der Waals surface area (Å²) >= 11 is 0. The van der Waals surface area contributed by atoms with E-state index in [1.165, 1.54) is 0 Å². The highest BCUT2D eigenvalue weighted by Crippen LogP contribution is 2.09. The number of hydrogen-bond acceptors (Lipinski definition) is 5. The molecule has 0 aliphatic rings. The number of aryl methyl sites for hydroxylation is 1. The van der Waals surface area contributed by atoms with Crippen molar-refractivity contribution in [3.63, 3.8) is 0 Å². The molecule has 0 radical (unpaired) electrons. The lowest BCUT2D eigenvalue weighted by molar-refractivity contribution is 0.452. The third-order valence-corrected chi connectivity index (χ3v) is 4.27. The average molecular weight is 309 g/mol. The zero-order valence-electron chi connectivity index (χ0n) is 11.9. The molecule has 21 heavy (non-hydrogen) atoms. The molecule has 0 unspecified atom stereocenters. The molecule has 0 saturated heterocycles. The van der Waals surface area contributed by atoms with E-state index in [-0.39, 0.29) is 12.3 Å². The molecule has 0 amide bonds. The van der Waals surface area contributed by atoms with E-state index in [2.05, 4.69) is 9.71 Å². The van der Waals surface area contributed by atoms with Gasteiger partial charge in [0.05, 0.1) is 18.5 Å². The molecule has 0 saturated carbocycles. The van der Waals surface area contributed by atoms with Crippen molar-refractivity contribution in [2.45, 2.75) is 32.2 Å². The number of hydrogen-bond donors (Lipinski definition) is 2. The monoisotopic (exact) mass is 309 g/mol. The Balaban J connectivity index is 1.98. The van der Waals surface area contributed by atoms with Gasteiger partial charge in [-0.25, -0.2) is 18.1 Å². The fourth-order valence-electron chi connectivity index (χ4n) is 1.88. The van der Waals surface area contributed by atoms with Gasteiger partial charge in [0.2, 0.25) is 15.9 Å². The number of nitrogens with two attached hydrogens (primary N) is 1. The molecule has 3 N–H and O–H groups in total. The van der Waals surface area contributed by atoms with E-state index in [1.54, 1.807) is 24.4 Å². The summed E-state index contributed by atoms with van der Waals surface area (Å²) in [7, 11) is -3.45. The van der Waals surface area contributed by atoms with Crippen LogP contribution in [0, 0.1) is 0 Å². The predicted molar refractivity (Wildman–Crippen MR) is 79.7 cm³/mol. The fraction of sp³-hybridized carbons (Fsp3) is 0.357. The molecule has 2 rings (SSSR count). The SMILES string of the molecule is CCc1cnc(CNS(=O)(=O)Cc2cccc(CN)c2)o1. The molecule has 1 aromatic carbocycles. The normalized spacial score (nSPS) is 11.7. The molecule has 6 nitrogen and oxygen atoms in total. The quantitative estimate of drug-likeness (QED) is 0.803. The lowest BCUT2D eigenvalue weighted by atomic mass is 10.1. The van der Waals surface area contributed by atoms with Gasteiger partial charge in [-0.05, 0) is 11.1 Å². The van der Waals surface area contributed by atoms with Crippen LogP contribution in [0.3, 0.4) is 0 Å². The molecule has 1 aromatic heterocycles. The van der Waals surface area contributed by atoms with Crippen LogP contribution in [0.2, 0.25) is 0 Å². The van der Waals surface area contributed by atoms with Crippen LogP contribution in [0.5, 0.6) is 0 Å². The van der Waals surface area contributed by atoms with Gasteiger partial charge in [0, 0.05) is 13.0 Å². The summed E-state index contributed by atoms with van der Waals surface area (Å²) in [5, 5.41) is 0. The summed E-state index contributed by atoms with van der Waals surface area (Å²) in [6.45, 7) is 2.38. The summed E-state index contributed by atoms with van der Waals surface area (Å²) in [5.74, 6) is 1.01. The number of nitrogens with one attached hydrogen (secondary N) is 1. The largest absolute Gasteiger partial charge is 0.444 e. The smallest absolute Gasteiger partial charge is 0.216 e. The first-order valence-corrected chi connectivity index (χ1v) is 8.36. The maximum Gasteiger partial charge on any atom is 0.216 e. The van der Waals surface area contributed by atoms with Gasteiger partial charge in [0.15, 0.2) is 0 Å². The Morgan fingerprint density at radius 2 is 2.10 bits per heavy atom. The average Bonchev–Trinajstić information content (AvgIpc) is 2.93. The van der Waals surface area contributed by atoms with Gasteiger partial charge in [0.1, 0.15) is 5.76 Å². The first-order valence-electron chi connectivity index (χ1n) is 6.71. The summed E-state index contributed by atoms with van der Waals surface area (Å²) in [6.07, 6.45) is 2.33. The molecule has 114 valence electrons. The van der Waals surface area contributed by atoms with Crippen LogP contribution >= 0.6 is 0 Å². The van der Waals surface area contributed by atoms with Gasteiger partial charge in [0.25, 0.3) is 0 Å². The highest BCUT2D eigenvalue weighted by Gasteiger charge is 2.13. The Morgan fingerprint density at radius 3 is 2.76 bits per heavy atom. The summed E-state index contributed by atoms with van der Waals surface area (Å²) in [4.78, 5) is 4.01.